The van der Waals surface area contributed by atoms with Gasteiger partial charge < -0.3 is 14.1 Å². The average Bonchev–Trinajstić information content (AvgIpc) is 3.09. The molecule has 0 aliphatic rings. The van der Waals surface area contributed by atoms with Crippen molar-refractivity contribution in [3.05, 3.63) is 54.6 Å². The van der Waals surface area contributed by atoms with E-state index in [2.05, 4.69) is 4.98 Å². The van der Waals surface area contributed by atoms with Crippen LogP contribution in [-0.2, 0) is 14.3 Å². The summed E-state index contributed by atoms with van der Waals surface area (Å²) in [5.74, 6) is -0.731. The highest BCUT2D eigenvalue weighted by atomic mass is 32.2. The molecule has 0 saturated carbocycles. The first-order valence-electron chi connectivity index (χ1n) is 8.16. The number of amides is 1. The van der Waals surface area contributed by atoms with Crippen LogP contribution in [0.25, 0.3) is 11.1 Å². The van der Waals surface area contributed by atoms with E-state index in [1.807, 2.05) is 61.5 Å². The van der Waals surface area contributed by atoms with E-state index < -0.39 is 5.97 Å². The van der Waals surface area contributed by atoms with E-state index in [0.717, 1.165) is 23.0 Å². The van der Waals surface area contributed by atoms with E-state index in [0.29, 0.717) is 17.4 Å². The van der Waals surface area contributed by atoms with Gasteiger partial charge in [0.2, 0.25) is 0 Å². The van der Waals surface area contributed by atoms with E-state index in [1.165, 1.54) is 0 Å². The molecule has 134 valence electrons. The van der Waals surface area contributed by atoms with Crippen molar-refractivity contribution in [3.63, 3.8) is 0 Å². The number of carbonyl (C=O) groups excluding carboxylic acids is 2. The van der Waals surface area contributed by atoms with Crippen LogP contribution in [0.3, 0.4) is 0 Å². The molecule has 0 unspecified atom stereocenters. The Hall–Kier alpha value is -2.80. The van der Waals surface area contributed by atoms with Gasteiger partial charge in [0.25, 0.3) is 11.1 Å². The van der Waals surface area contributed by atoms with Crippen molar-refractivity contribution < 1.29 is 18.7 Å². The predicted octanol–water partition coefficient (Wildman–Crippen LogP) is 3.52. The Kier molecular flexibility index (Phi) is 5.91. The molecule has 1 heterocycles. The standard InChI is InChI=1S/C19H18N2O4S/c1-2-21(14-8-4-3-5-9-14)17(22)12-24-18(23)13-26-19-20-15-10-6-7-11-16(15)25-19/h3-11H,2,12-13H2,1H3. The van der Waals surface area contributed by atoms with E-state index in [9.17, 15) is 9.59 Å². The zero-order valence-electron chi connectivity index (χ0n) is 14.3. The molecule has 0 bridgehead atoms. The molecule has 0 fully saturated rings. The maximum absolute atomic E-state index is 12.3. The Balaban J connectivity index is 1.49. The minimum absolute atomic E-state index is 0.0254. The van der Waals surface area contributed by atoms with Gasteiger partial charge in [0.1, 0.15) is 11.3 Å². The summed E-state index contributed by atoms with van der Waals surface area (Å²) in [6.07, 6.45) is 0. The number of oxazole rings is 1. The zero-order valence-corrected chi connectivity index (χ0v) is 15.1. The van der Waals surface area contributed by atoms with Gasteiger partial charge in [-0.3, -0.25) is 9.59 Å². The van der Waals surface area contributed by atoms with Crippen molar-refractivity contribution in [2.45, 2.75) is 12.1 Å². The summed E-state index contributed by atoms with van der Waals surface area (Å²) in [6.45, 7) is 2.07. The minimum atomic E-state index is -0.491. The van der Waals surface area contributed by atoms with Crippen LogP contribution < -0.4 is 4.90 Å². The lowest BCUT2D eigenvalue weighted by molar-refractivity contribution is -0.145. The highest BCUT2D eigenvalue weighted by Crippen LogP contribution is 2.23. The summed E-state index contributed by atoms with van der Waals surface area (Å²) >= 11 is 1.14. The van der Waals surface area contributed by atoms with Crippen molar-refractivity contribution in [2.75, 3.05) is 23.8 Å². The maximum Gasteiger partial charge on any atom is 0.316 e. The van der Waals surface area contributed by atoms with Crippen LogP contribution >= 0.6 is 11.8 Å². The molecule has 1 amide bonds. The van der Waals surface area contributed by atoms with Gasteiger partial charge in [-0.05, 0) is 31.2 Å². The van der Waals surface area contributed by atoms with Gasteiger partial charge in [-0.25, -0.2) is 4.98 Å². The molecule has 0 radical (unpaired) electrons. The van der Waals surface area contributed by atoms with Gasteiger partial charge in [-0.15, -0.1) is 0 Å². The number of hydrogen-bond donors (Lipinski definition) is 0. The Morgan fingerprint density at radius 1 is 1.12 bits per heavy atom. The van der Waals surface area contributed by atoms with E-state index in [-0.39, 0.29) is 18.3 Å². The molecule has 0 aliphatic heterocycles. The molecule has 3 rings (SSSR count). The number of para-hydroxylation sites is 3. The predicted molar refractivity (Wildman–Crippen MR) is 100 cm³/mol. The van der Waals surface area contributed by atoms with Crippen LogP contribution in [-0.4, -0.2) is 35.8 Å². The van der Waals surface area contributed by atoms with Crippen LogP contribution in [0.4, 0.5) is 5.69 Å². The SMILES string of the molecule is CCN(C(=O)COC(=O)CSc1nc2ccccc2o1)c1ccccc1. The van der Waals surface area contributed by atoms with Crippen LogP contribution in [0, 0.1) is 0 Å². The van der Waals surface area contributed by atoms with Gasteiger partial charge in [-0.1, -0.05) is 42.1 Å². The second-order valence-corrected chi connectivity index (χ2v) is 6.30. The first-order chi connectivity index (χ1) is 12.7. The number of fused-ring (bicyclic) bond motifs is 1. The molecule has 0 spiro atoms. The Labute approximate surface area is 155 Å². The van der Waals surface area contributed by atoms with Crippen molar-refractivity contribution in [1.29, 1.82) is 0 Å². The summed E-state index contributed by atoms with van der Waals surface area (Å²) in [5.41, 5.74) is 2.18. The number of aromatic nitrogens is 1. The first kappa shape index (κ1) is 18.0. The number of esters is 1. The quantitative estimate of drug-likeness (QED) is 0.468. The summed E-state index contributed by atoms with van der Waals surface area (Å²) in [4.78, 5) is 30.0. The Bertz CT molecular complexity index is 862. The van der Waals surface area contributed by atoms with Gasteiger partial charge in [0.05, 0.1) is 0 Å². The molecular formula is C19H18N2O4S. The lowest BCUT2D eigenvalue weighted by Gasteiger charge is -2.20. The first-order valence-corrected chi connectivity index (χ1v) is 9.15. The van der Waals surface area contributed by atoms with Crippen LogP contribution in [0.5, 0.6) is 0 Å². The van der Waals surface area contributed by atoms with E-state index >= 15 is 0 Å². The number of hydrogen-bond acceptors (Lipinski definition) is 6. The van der Waals surface area contributed by atoms with Crippen LogP contribution in [0.1, 0.15) is 6.92 Å². The summed E-state index contributed by atoms with van der Waals surface area (Å²) in [7, 11) is 0. The number of ether oxygens (including phenoxy) is 1. The number of anilines is 1. The monoisotopic (exact) mass is 370 g/mol. The summed E-state index contributed by atoms with van der Waals surface area (Å²) < 4.78 is 10.6. The molecule has 2 aromatic carbocycles. The number of rotatable bonds is 7. The highest BCUT2D eigenvalue weighted by Gasteiger charge is 2.16. The normalized spacial score (nSPS) is 10.7. The van der Waals surface area contributed by atoms with Crippen molar-refractivity contribution in [2.24, 2.45) is 0 Å². The van der Waals surface area contributed by atoms with E-state index in [1.54, 1.807) is 4.90 Å². The Morgan fingerprint density at radius 3 is 2.58 bits per heavy atom. The average molecular weight is 370 g/mol. The third-order valence-corrected chi connectivity index (χ3v) is 4.43. The minimum Gasteiger partial charge on any atom is -0.455 e. The molecule has 0 atom stereocenters. The van der Waals surface area contributed by atoms with Crippen molar-refractivity contribution in [1.82, 2.24) is 4.98 Å². The molecule has 0 aliphatic carbocycles. The number of nitrogens with zero attached hydrogens (tertiary/aromatic N) is 2. The summed E-state index contributed by atoms with van der Waals surface area (Å²) in [6, 6.07) is 16.6. The second-order valence-electron chi connectivity index (χ2n) is 5.37. The molecule has 3 aromatic rings. The largest absolute Gasteiger partial charge is 0.455 e. The van der Waals surface area contributed by atoms with Crippen molar-refractivity contribution in [3.8, 4) is 0 Å². The van der Waals surface area contributed by atoms with Gasteiger partial charge in [0.15, 0.2) is 12.2 Å². The number of benzene rings is 2. The molecular weight excluding hydrogens is 352 g/mol. The summed E-state index contributed by atoms with van der Waals surface area (Å²) in [5, 5.41) is 0.397. The molecule has 0 saturated heterocycles. The molecule has 26 heavy (non-hydrogen) atoms. The van der Waals surface area contributed by atoms with Crippen molar-refractivity contribution >= 4 is 40.4 Å². The topological polar surface area (TPSA) is 72.6 Å². The molecule has 7 heteroatoms. The smallest absolute Gasteiger partial charge is 0.316 e. The fourth-order valence-corrected chi connectivity index (χ4v) is 3.04. The Morgan fingerprint density at radius 2 is 1.85 bits per heavy atom. The molecule has 0 N–H and O–H groups in total. The molecule has 1 aromatic heterocycles. The van der Waals surface area contributed by atoms with E-state index in [4.69, 9.17) is 9.15 Å². The molecule has 6 nitrogen and oxygen atoms in total. The third-order valence-electron chi connectivity index (χ3n) is 3.63. The van der Waals surface area contributed by atoms with Gasteiger partial charge in [0, 0.05) is 12.2 Å². The zero-order chi connectivity index (χ0) is 18.4. The lowest BCUT2D eigenvalue weighted by atomic mass is 10.3. The lowest BCUT2D eigenvalue weighted by Crippen LogP contribution is -2.34. The third kappa shape index (κ3) is 4.43. The maximum atomic E-state index is 12.3. The fraction of sp³-hybridized carbons (Fsp3) is 0.211. The fourth-order valence-electron chi connectivity index (χ4n) is 2.41. The van der Waals surface area contributed by atoms with Gasteiger partial charge in [-0.2, -0.15) is 0 Å². The highest BCUT2D eigenvalue weighted by molar-refractivity contribution is 7.99. The van der Waals surface area contributed by atoms with Crippen LogP contribution in [0.2, 0.25) is 0 Å². The number of thioether (sulfide) groups is 1. The van der Waals surface area contributed by atoms with Gasteiger partial charge >= 0.3 is 5.97 Å². The number of likely N-dealkylation sites (N-methyl/N-ethyl adjacent to an activating group) is 1. The number of carbonyl (C=O) groups is 2. The second kappa shape index (κ2) is 8.53. The van der Waals surface area contributed by atoms with Crippen LogP contribution in [0.15, 0.2) is 64.2 Å².